The number of carbonyl (C=O) groups excluding carboxylic acids is 2. The first kappa shape index (κ1) is 15.9. The molecule has 0 spiro atoms. The molecule has 0 fully saturated rings. The minimum atomic E-state index is -0.431. The average Bonchev–Trinajstić information content (AvgIpc) is 3.37. The lowest BCUT2D eigenvalue weighted by molar-refractivity contribution is 0.0947. The molecule has 0 aliphatic rings. The van der Waals surface area contributed by atoms with Gasteiger partial charge in [0.1, 0.15) is 11.0 Å². The molecule has 3 heterocycles. The van der Waals surface area contributed by atoms with Crippen molar-refractivity contribution < 1.29 is 9.59 Å². The van der Waals surface area contributed by atoms with Crippen molar-refractivity contribution in [2.24, 2.45) is 0 Å². The van der Waals surface area contributed by atoms with Crippen LogP contribution in [0.5, 0.6) is 0 Å². The zero-order valence-corrected chi connectivity index (χ0v) is 14.3. The van der Waals surface area contributed by atoms with E-state index in [-0.39, 0.29) is 11.1 Å². The third-order valence-corrected chi connectivity index (χ3v) is 4.32. The molecule has 134 valence electrons. The van der Waals surface area contributed by atoms with Gasteiger partial charge in [0, 0.05) is 12.4 Å². The summed E-state index contributed by atoms with van der Waals surface area (Å²) in [7, 11) is 0. The summed E-state index contributed by atoms with van der Waals surface area (Å²) in [5.74, 6) is -0.862. The Morgan fingerprint density at radius 1 is 0.679 bits per heavy atom. The van der Waals surface area contributed by atoms with Gasteiger partial charge < -0.3 is 0 Å². The molecule has 0 radical (unpaired) electrons. The molecular formula is C19H11N7O2. The fraction of sp³-hybridized carbons (Fsp3) is 0. The normalized spacial score (nSPS) is 11.1. The van der Waals surface area contributed by atoms with E-state index in [0.717, 1.165) is 0 Å². The van der Waals surface area contributed by atoms with E-state index in [9.17, 15) is 9.59 Å². The second-order valence-corrected chi connectivity index (χ2v) is 6.05. The molecule has 0 N–H and O–H groups in total. The van der Waals surface area contributed by atoms with Crippen LogP contribution in [-0.2, 0) is 0 Å². The quantitative estimate of drug-likeness (QED) is 0.468. The van der Waals surface area contributed by atoms with Gasteiger partial charge in [0.25, 0.3) is 11.8 Å². The first-order chi connectivity index (χ1) is 13.7. The third-order valence-electron chi connectivity index (χ3n) is 4.32. The molecule has 0 aliphatic carbocycles. The highest BCUT2D eigenvalue weighted by atomic mass is 16.2. The summed E-state index contributed by atoms with van der Waals surface area (Å²) >= 11 is 0. The fourth-order valence-electron chi connectivity index (χ4n) is 2.96. The number of rotatable bonds is 2. The molecule has 3 aromatic heterocycles. The lowest BCUT2D eigenvalue weighted by Crippen LogP contribution is -2.17. The zero-order chi connectivity index (χ0) is 19.1. The Hall–Kier alpha value is -4.27. The summed E-state index contributed by atoms with van der Waals surface area (Å²) in [6.45, 7) is 0. The highest BCUT2D eigenvalue weighted by Crippen LogP contribution is 2.15. The Kier molecular flexibility index (Phi) is 3.51. The predicted octanol–water partition coefficient (Wildman–Crippen LogP) is 1.95. The van der Waals surface area contributed by atoms with Crippen LogP contribution in [0, 0.1) is 0 Å². The van der Waals surface area contributed by atoms with Crippen molar-refractivity contribution in [3.05, 3.63) is 78.1 Å². The maximum atomic E-state index is 12.9. The maximum Gasteiger partial charge on any atom is 0.281 e. The lowest BCUT2D eigenvalue weighted by atomic mass is 10.2. The second kappa shape index (κ2) is 6.16. The Labute approximate surface area is 157 Å². The van der Waals surface area contributed by atoms with Gasteiger partial charge in [-0.05, 0) is 30.3 Å². The summed E-state index contributed by atoms with van der Waals surface area (Å²) in [5, 5.41) is 15.8. The monoisotopic (exact) mass is 369 g/mol. The maximum absolute atomic E-state index is 12.9. The standard InChI is InChI=1S/C19H11N7O2/c27-18(25-16-7-3-1-5-14(16)21-23-25)12-9-13(11-20-10-12)19(28)26-17-8-4-2-6-15(17)22-24-26/h1-11H. The number of hydrogen-bond acceptors (Lipinski definition) is 7. The molecule has 9 nitrogen and oxygen atoms in total. The first-order valence-corrected chi connectivity index (χ1v) is 8.38. The van der Waals surface area contributed by atoms with E-state index < -0.39 is 11.8 Å². The van der Waals surface area contributed by atoms with Crippen LogP contribution in [0.1, 0.15) is 20.7 Å². The summed E-state index contributed by atoms with van der Waals surface area (Å²) in [6.07, 6.45) is 2.77. The summed E-state index contributed by atoms with van der Waals surface area (Å²) < 4.78 is 2.37. The van der Waals surface area contributed by atoms with E-state index in [2.05, 4.69) is 25.6 Å². The van der Waals surface area contributed by atoms with Crippen molar-refractivity contribution in [1.29, 1.82) is 0 Å². The molecule has 0 atom stereocenters. The molecule has 0 unspecified atom stereocenters. The lowest BCUT2D eigenvalue weighted by Gasteiger charge is -2.04. The SMILES string of the molecule is O=C(c1cncc(C(=O)n2nnc3ccccc32)c1)n1nnc2ccccc21. The number of fused-ring (bicyclic) bond motifs is 2. The van der Waals surface area contributed by atoms with E-state index in [1.807, 2.05) is 12.1 Å². The molecular weight excluding hydrogens is 358 g/mol. The highest BCUT2D eigenvalue weighted by molar-refractivity contribution is 6.04. The van der Waals surface area contributed by atoms with E-state index in [1.165, 1.54) is 27.8 Å². The van der Waals surface area contributed by atoms with Crippen molar-refractivity contribution >= 4 is 33.9 Å². The molecule has 0 aliphatic heterocycles. The molecule has 5 rings (SSSR count). The number of para-hydroxylation sites is 2. The predicted molar refractivity (Wildman–Crippen MR) is 98.8 cm³/mol. The van der Waals surface area contributed by atoms with Crippen molar-refractivity contribution in [3.63, 3.8) is 0 Å². The second-order valence-electron chi connectivity index (χ2n) is 6.05. The van der Waals surface area contributed by atoms with Crippen LogP contribution in [0.3, 0.4) is 0 Å². The molecule has 2 aromatic carbocycles. The molecule has 0 amide bonds. The third kappa shape index (κ3) is 2.45. The van der Waals surface area contributed by atoms with Gasteiger partial charge in [-0.3, -0.25) is 14.6 Å². The largest absolute Gasteiger partial charge is 0.281 e. The van der Waals surface area contributed by atoms with E-state index in [1.54, 1.807) is 36.4 Å². The van der Waals surface area contributed by atoms with E-state index >= 15 is 0 Å². The van der Waals surface area contributed by atoms with Crippen molar-refractivity contribution in [1.82, 2.24) is 35.0 Å². The molecule has 28 heavy (non-hydrogen) atoms. The summed E-state index contributed by atoms with van der Waals surface area (Å²) in [5.41, 5.74) is 2.78. The van der Waals surface area contributed by atoms with Crippen molar-refractivity contribution in [2.45, 2.75) is 0 Å². The van der Waals surface area contributed by atoms with Gasteiger partial charge in [0.2, 0.25) is 0 Å². The van der Waals surface area contributed by atoms with Gasteiger partial charge in [-0.2, -0.15) is 9.36 Å². The molecule has 0 saturated heterocycles. The topological polar surface area (TPSA) is 108 Å². The Balaban J connectivity index is 1.54. The Morgan fingerprint density at radius 3 is 1.64 bits per heavy atom. The Bertz CT molecular complexity index is 1270. The summed E-state index contributed by atoms with van der Waals surface area (Å²) in [6, 6.07) is 15.7. The first-order valence-electron chi connectivity index (χ1n) is 8.38. The Morgan fingerprint density at radius 2 is 1.14 bits per heavy atom. The van der Waals surface area contributed by atoms with Crippen LogP contribution in [-0.4, -0.2) is 46.8 Å². The van der Waals surface area contributed by atoms with Gasteiger partial charge in [0.15, 0.2) is 0 Å². The van der Waals surface area contributed by atoms with Crippen LogP contribution in [0.4, 0.5) is 0 Å². The molecule has 5 aromatic rings. The zero-order valence-electron chi connectivity index (χ0n) is 14.3. The van der Waals surface area contributed by atoms with E-state index in [0.29, 0.717) is 22.1 Å². The van der Waals surface area contributed by atoms with E-state index in [4.69, 9.17) is 0 Å². The number of hydrogen-bond donors (Lipinski definition) is 0. The fourth-order valence-corrected chi connectivity index (χ4v) is 2.96. The van der Waals surface area contributed by atoms with Crippen LogP contribution >= 0.6 is 0 Å². The molecule has 9 heteroatoms. The minimum absolute atomic E-state index is 0.214. The number of aromatic nitrogens is 7. The van der Waals surface area contributed by atoms with Gasteiger partial charge >= 0.3 is 0 Å². The molecule has 0 bridgehead atoms. The van der Waals surface area contributed by atoms with Gasteiger partial charge in [-0.25, -0.2) is 0 Å². The van der Waals surface area contributed by atoms with Gasteiger partial charge in [-0.15, -0.1) is 10.2 Å². The molecule has 0 saturated carbocycles. The van der Waals surface area contributed by atoms with Crippen LogP contribution < -0.4 is 0 Å². The number of pyridine rings is 1. The minimum Gasteiger partial charge on any atom is -0.267 e. The smallest absolute Gasteiger partial charge is 0.267 e. The van der Waals surface area contributed by atoms with Gasteiger partial charge in [-0.1, -0.05) is 34.7 Å². The average molecular weight is 369 g/mol. The van der Waals surface area contributed by atoms with Crippen molar-refractivity contribution in [2.75, 3.05) is 0 Å². The van der Waals surface area contributed by atoms with Gasteiger partial charge in [0.05, 0.1) is 22.2 Å². The highest BCUT2D eigenvalue weighted by Gasteiger charge is 2.19. The van der Waals surface area contributed by atoms with Crippen molar-refractivity contribution in [3.8, 4) is 0 Å². The van der Waals surface area contributed by atoms with Crippen LogP contribution in [0.2, 0.25) is 0 Å². The summed E-state index contributed by atoms with van der Waals surface area (Å²) in [4.78, 5) is 29.8. The number of benzene rings is 2. The van der Waals surface area contributed by atoms with Crippen LogP contribution in [0.15, 0.2) is 67.0 Å². The number of carbonyl (C=O) groups is 2. The van der Waals surface area contributed by atoms with Crippen LogP contribution in [0.25, 0.3) is 22.1 Å². The number of nitrogens with zero attached hydrogens (tertiary/aromatic N) is 7.